The van der Waals surface area contributed by atoms with E-state index in [4.69, 9.17) is 9.15 Å². The third-order valence-corrected chi connectivity index (χ3v) is 8.77. The van der Waals surface area contributed by atoms with Crippen LogP contribution in [0.5, 0.6) is 5.75 Å². The Labute approximate surface area is 252 Å². The first kappa shape index (κ1) is 30.3. The summed E-state index contributed by atoms with van der Waals surface area (Å²) in [6.45, 7) is 2.57. The molecule has 5 rings (SSSR count). The standard InChI is InChI=1S/C28H26N4O11S/c1-28(2)20(25(37)38)32-23(36)18(24(32)44-28)30-21(34)17(13-8-5-4-6-9-13)29-16(33)12-31-22(35)14-10-7-11-15(42-27(40)41-3)19(14)43-26(31)39/h4-11,17-18,20,24H,12H2,1-3H3,(H,29,33)(H,30,34)(H,37,38)/t17?,18-,20?,24?/m1/s1. The number of methoxy groups -OCH3 is 1. The second kappa shape index (κ2) is 11.5. The van der Waals surface area contributed by atoms with E-state index in [1.54, 1.807) is 44.2 Å². The molecule has 2 aliphatic rings. The van der Waals surface area contributed by atoms with Gasteiger partial charge in [0.1, 0.15) is 30.0 Å². The molecule has 3 amide bonds. The summed E-state index contributed by atoms with van der Waals surface area (Å²) in [6, 6.07) is 8.57. The number of ether oxygens (including phenoxy) is 2. The monoisotopic (exact) mass is 626 g/mol. The Morgan fingerprint density at radius 1 is 1.07 bits per heavy atom. The number of amides is 3. The van der Waals surface area contributed by atoms with E-state index in [9.17, 15) is 38.7 Å². The number of rotatable bonds is 8. The maximum absolute atomic E-state index is 13.5. The summed E-state index contributed by atoms with van der Waals surface area (Å²) >= 11 is 1.24. The number of nitrogens with one attached hydrogen (secondary N) is 2. The number of hydrogen-bond donors (Lipinski definition) is 3. The second-order valence-electron chi connectivity index (χ2n) is 10.4. The van der Waals surface area contributed by atoms with Crippen molar-refractivity contribution in [2.45, 2.75) is 48.6 Å². The van der Waals surface area contributed by atoms with Gasteiger partial charge >= 0.3 is 17.9 Å². The van der Waals surface area contributed by atoms with Crippen molar-refractivity contribution in [2.75, 3.05) is 7.11 Å². The normalized spacial score (nSPS) is 20.7. The van der Waals surface area contributed by atoms with Crippen LogP contribution < -0.4 is 26.7 Å². The van der Waals surface area contributed by atoms with E-state index in [1.807, 2.05) is 0 Å². The number of aromatic nitrogens is 1. The van der Waals surface area contributed by atoms with Crippen molar-refractivity contribution >= 4 is 52.6 Å². The molecule has 16 heteroatoms. The lowest BCUT2D eigenvalue weighted by Crippen LogP contribution is -2.71. The summed E-state index contributed by atoms with van der Waals surface area (Å²) in [5, 5.41) is 14.0. The van der Waals surface area contributed by atoms with Crippen LogP contribution in [0, 0.1) is 0 Å². The molecule has 4 atom stereocenters. The zero-order valence-electron chi connectivity index (χ0n) is 23.5. The molecule has 0 aliphatic carbocycles. The number of carbonyl (C=O) groups is 5. The number of benzene rings is 2. The average molecular weight is 627 g/mol. The van der Waals surface area contributed by atoms with Gasteiger partial charge in [-0.2, -0.15) is 0 Å². The van der Waals surface area contributed by atoms with Crippen LogP contribution in [0.15, 0.2) is 62.5 Å². The third-order valence-electron chi connectivity index (χ3n) is 7.20. The first-order valence-electron chi connectivity index (χ1n) is 13.1. The zero-order chi connectivity index (χ0) is 31.9. The summed E-state index contributed by atoms with van der Waals surface area (Å²) in [6.07, 6.45) is -1.11. The molecule has 2 aliphatic heterocycles. The van der Waals surface area contributed by atoms with Crippen LogP contribution in [-0.4, -0.2) is 73.7 Å². The molecule has 15 nitrogen and oxygen atoms in total. The minimum absolute atomic E-state index is 0.166. The number of carboxylic acids is 1. The Kier molecular flexibility index (Phi) is 7.94. The van der Waals surface area contributed by atoms with Crippen LogP contribution in [0.25, 0.3) is 11.0 Å². The maximum Gasteiger partial charge on any atom is 0.513 e. The lowest BCUT2D eigenvalue weighted by molar-refractivity contribution is -0.161. The van der Waals surface area contributed by atoms with Gasteiger partial charge in [-0.3, -0.25) is 19.2 Å². The predicted octanol–water partition coefficient (Wildman–Crippen LogP) is 0.589. The highest BCUT2D eigenvalue weighted by Crippen LogP contribution is 2.50. The summed E-state index contributed by atoms with van der Waals surface area (Å²) in [7, 11) is 1.07. The van der Waals surface area contributed by atoms with Crippen molar-refractivity contribution in [3.05, 3.63) is 75.0 Å². The van der Waals surface area contributed by atoms with Gasteiger partial charge in [-0.1, -0.05) is 36.4 Å². The van der Waals surface area contributed by atoms with Crippen molar-refractivity contribution in [1.82, 2.24) is 20.1 Å². The minimum Gasteiger partial charge on any atom is -0.480 e. The third kappa shape index (κ3) is 5.39. The highest BCUT2D eigenvalue weighted by atomic mass is 32.2. The summed E-state index contributed by atoms with van der Waals surface area (Å²) in [4.78, 5) is 90.0. The topological polar surface area (TPSA) is 204 Å². The Hall–Kier alpha value is -5.12. The van der Waals surface area contributed by atoms with Gasteiger partial charge in [0, 0.05) is 4.75 Å². The largest absolute Gasteiger partial charge is 0.513 e. The SMILES string of the molecule is COC(=O)Oc1cccc2c(=O)n(CC(=O)NC(C(=O)N[C@@H]3C(=O)N4C3SC(C)(C)C4C(=O)O)c3ccccc3)c(=O)oc12. The van der Waals surface area contributed by atoms with Gasteiger partial charge in [0.2, 0.25) is 17.7 Å². The van der Waals surface area contributed by atoms with Gasteiger partial charge < -0.3 is 34.5 Å². The van der Waals surface area contributed by atoms with Crippen LogP contribution >= 0.6 is 11.8 Å². The van der Waals surface area contributed by atoms with E-state index in [0.29, 0.717) is 10.1 Å². The number of β-lactam (4-membered cyclic amide) rings is 1. The fourth-order valence-electron chi connectivity index (χ4n) is 5.19. The van der Waals surface area contributed by atoms with Crippen molar-refractivity contribution in [1.29, 1.82) is 0 Å². The molecule has 44 heavy (non-hydrogen) atoms. The first-order chi connectivity index (χ1) is 20.8. The number of para-hydroxylation sites is 1. The van der Waals surface area contributed by atoms with Crippen molar-refractivity contribution in [3.63, 3.8) is 0 Å². The fraction of sp³-hybridized carbons (Fsp3) is 0.321. The molecule has 0 radical (unpaired) electrons. The lowest BCUT2D eigenvalue weighted by Gasteiger charge is -2.44. The highest BCUT2D eigenvalue weighted by molar-refractivity contribution is 8.01. The number of fused-ring (bicyclic) bond motifs is 2. The summed E-state index contributed by atoms with van der Waals surface area (Å²) in [5.41, 5.74) is -0.910. The van der Waals surface area contributed by atoms with Gasteiger partial charge in [-0.25, -0.2) is 19.0 Å². The molecule has 3 aromatic rings. The van der Waals surface area contributed by atoms with E-state index >= 15 is 0 Å². The molecule has 3 heterocycles. The van der Waals surface area contributed by atoms with E-state index < -0.39 is 76.0 Å². The van der Waals surface area contributed by atoms with Crippen LogP contribution in [0.4, 0.5) is 4.79 Å². The smallest absolute Gasteiger partial charge is 0.480 e. The number of hydrogen-bond acceptors (Lipinski definition) is 11. The van der Waals surface area contributed by atoms with Gasteiger partial charge in [0.05, 0.1) is 12.5 Å². The quantitative estimate of drug-likeness (QED) is 0.179. The number of carboxylic acid groups (broad SMARTS) is 1. The van der Waals surface area contributed by atoms with Gasteiger partial charge in [-0.05, 0) is 31.5 Å². The molecule has 0 spiro atoms. The molecular weight excluding hydrogens is 600 g/mol. The number of nitrogens with zero attached hydrogens (tertiary/aromatic N) is 2. The van der Waals surface area contributed by atoms with Crippen molar-refractivity contribution < 1.29 is 43.0 Å². The Balaban J connectivity index is 1.37. The molecule has 3 N–H and O–H groups in total. The molecule has 0 bridgehead atoms. The average Bonchev–Trinajstić information content (AvgIpc) is 3.25. The zero-order valence-corrected chi connectivity index (χ0v) is 24.3. The van der Waals surface area contributed by atoms with E-state index in [1.165, 1.54) is 34.9 Å². The summed E-state index contributed by atoms with van der Waals surface area (Å²) < 4.78 is 14.2. The van der Waals surface area contributed by atoms with Gasteiger partial charge in [0.25, 0.3) is 5.56 Å². The Bertz CT molecular complexity index is 1800. The molecule has 0 saturated carbocycles. The number of aliphatic carboxylic acids is 1. The van der Waals surface area contributed by atoms with Crippen LogP contribution in [0.1, 0.15) is 25.5 Å². The molecule has 2 saturated heterocycles. The van der Waals surface area contributed by atoms with Gasteiger partial charge in [-0.15, -0.1) is 11.8 Å². The lowest BCUT2D eigenvalue weighted by atomic mass is 9.95. The maximum atomic E-state index is 13.5. The summed E-state index contributed by atoms with van der Waals surface area (Å²) in [5.74, 6) is -4.87. The first-order valence-corrected chi connectivity index (χ1v) is 14.0. The Morgan fingerprint density at radius 3 is 2.43 bits per heavy atom. The number of thioether (sulfide) groups is 1. The molecule has 2 fully saturated rings. The predicted molar refractivity (Wildman–Crippen MR) is 153 cm³/mol. The van der Waals surface area contributed by atoms with Crippen LogP contribution in [0.3, 0.4) is 0 Å². The molecular formula is C28H26N4O11S. The van der Waals surface area contributed by atoms with E-state index in [-0.39, 0.29) is 16.7 Å². The van der Waals surface area contributed by atoms with Crippen LogP contribution in [0.2, 0.25) is 0 Å². The van der Waals surface area contributed by atoms with E-state index in [0.717, 1.165) is 7.11 Å². The van der Waals surface area contributed by atoms with Crippen molar-refractivity contribution in [3.8, 4) is 5.75 Å². The molecule has 2 aromatic carbocycles. The molecule has 1 aromatic heterocycles. The van der Waals surface area contributed by atoms with Crippen molar-refractivity contribution in [2.24, 2.45) is 0 Å². The molecule has 3 unspecified atom stereocenters. The minimum atomic E-state index is -1.34. The fourth-order valence-corrected chi connectivity index (χ4v) is 6.81. The van der Waals surface area contributed by atoms with E-state index in [2.05, 4.69) is 15.4 Å². The number of carbonyl (C=O) groups excluding carboxylic acids is 4. The van der Waals surface area contributed by atoms with Crippen LogP contribution in [-0.2, 0) is 30.5 Å². The Morgan fingerprint density at radius 2 is 1.77 bits per heavy atom. The molecule has 230 valence electrons. The highest BCUT2D eigenvalue weighted by Gasteiger charge is 2.64. The second-order valence-corrected chi connectivity index (χ2v) is 12.2. The van der Waals surface area contributed by atoms with Gasteiger partial charge in [0.15, 0.2) is 11.3 Å².